The Morgan fingerprint density at radius 3 is 2.47 bits per heavy atom. The first kappa shape index (κ1) is 25.2. The number of aromatic carboxylic acids is 1. The second-order valence-electron chi connectivity index (χ2n) is 8.93. The summed E-state index contributed by atoms with van der Waals surface area (Å²) in [7, 11) is 3.17. The number of amides is 4. The number of pyridine rings is 1. The minimum atomic E-state index is -1.04. The van der Waals surface area contributed by atoms with Gasteiger partial charge in [-0.2, -0.15) is 5.43 Å². The van der Waals surface area contributed by atoms with Gasteiger partial charge in [-0.05, 0) is 53.9 Å². The Morgan fingerprint density at radius 1 is 1.05 bits per heavy atom. The molecule has 0 saturated carbocycles. The zero-order valence-corrected chi connectivity index (χ0v) is 21.3. The number of benzene rings is 2. The molecule has 1 atom stereocenters. The molecule has 196 valence electrons. The number of anilines is 3. The van der Waals surface area contributed by atoms with E-state index >= 15 is 0 Å². The van der Waals surface area contributed by atoms with Gasteiger partial charge < -0.3 is 9.84 Å². The topological polar surface area (TPSA) is 119 Å². The van der Waals surface area contributed by atoms with Gasteiger partial charge in [0.2, 0.25) is 6.35 Å². The minimum Gasteiger partial charge on any atom is -0.478 e. The maximum atomic E-state index is 13.4. The van der Waals surface area contributed by atoms with E-state index in [0.29, 0.717) is 36.7 Å². The van der Waals surface area contributed by atoms with Crippen LogP contribution in [0.4, 0.5) is 26.8 Å². The van der Waals surface area contributed by atoms with Crippen LogP contribution in [0.15, 0.2) is 60.8 Å². The van der Waals surface area contributed by atoms with Crippen molar-refractivity contribution in [3.05, 3.63) is 71.9 Å². The first-order chi connectivity index (χ1) is 18.3. The lowest BCUT2D eigenvalue weighted by molar-refractivity contribution is 0.0649. The summed E-state index contributed by atoms with van der Waals surface area (Å²) < 4.78 is 5.39. The van der Waals surface area contributed by atoms with Crippen molar-refractivity contribution in [2.24, 2.45) is 0 Å². The lowest BCUT2D eigenvalue weighted by Gasteiger charge is -2.23. The highest BCUT2D eigenvalue weighted by molar-refractivity contribution is 6.07. The molecule has 11 heteroatoms. The lowest BCUT2D eigenvalue weighted by atomic mass is 9.98. The number of carboxylic acids is 1. The second kappa shape index (κ2) is 10.1. The van der Waals surface area contributed by atoms with Crippen LogP contribution in [0.2, 0.25) is 0 Å². The molecule has 0 aliphatic carbocycles. The number of hydrazine groups is 1. The highest BCUT2D eigenvalue weighted by atomic mass is 16.5. The number of aromatic nitrogens is 1. The summed E-state index contributed by atoms with van der Waals surface area (Å²) in [6, 6.07) is 15.4. The molecule has 3 heterocycles. The van der Waals surface area contributed by atoms with Crippen molar-refractivity contribution >= 4 is 35.2 Å². The Balaban J connectivity index is 1.43. The summed E-state index contributed by atoms with van der Waals surface area (Å²) in [6.07, 6.45) is 1.73. The largest absolute Gasteiger partial charge is 0.478 e. The van der Waals surface area contributed by atoms with Gasteiger partial charge in [0.05, 0.1) is 5.56 Å². The molecule has 0 spiro atoms. The number of urea groups is 2. The summed E-state index contributed by atoms with van der Waals surface area (Å²) in [5, 5.41) is 10.7. The Morgan fingerprint density at radius 2 is 1.79 bits per heavy atom. The molecule has 2 N–H and O–H groups in total. The average Bonchev–Trinajstić information content (AvgIpc) is 3.46. The van der Waals surface area contributed by atoms with Gasteiger partial charge in [-0.1, -0.05) is 25.1 Å². The molecule has 2 aliphatic heterocycles. The van der Waals surface area contributed by atoms with E-state index in [0.717, 1.165) is 16.7 Å². The van der Waals surface area contributed by atoms with Gasteiger partial charge in [0, 0.05) is 50.4 Å². The third-order valence-electron chi connectivity index (χ3n) is 6.77. The number of carboxylic acid groups (broad SMARTS) is 1. The van der Waals surface area contributed by atoms with Crippen LogP contribution in [-0.4, -0.2) is 66.7 Å². The number of nitrogens with one attached hydrogen (secondary N) is 1. The van der Waals surface area contributed by atoms with Crippen molar-refractivity contribution in [2.75, 3.05) is 41.9 Å². The Hall–Kier alpha value is -4.48. The van der Waals surface area contributed by atoms with Crippen LogP contribution in [0.3, 0.4) is 0 Å². The average molecular weight is 517 g/mol. The number of carbonyl (C=O) groups is 3. The van der Waals surface area contributed by atoms with Crippen molar-refractivity contribution < 1.29 is 24.2 Å². The van der Waals surface area contributed by atoms with Gasteiger partial charge in [-0.25, -0.2) is 19.4 Å². The van der Waals surface area contributed by atoms with Crippen LogP contribution in [-0.2, 0) is 11.2 Å². The molecule has 11 nitrogen and oxygen atoms in total. The van der Waals surface area contributed by atoms with E-state index in [4.69, 9.17) is 4.74 Å². The summed E-state index contributed by atoms with van der Waals surface area (Å²) in [5.41, 5.74) is 7.07. The van der Waals surface area contributed by atoms with Gasteiger partial charge in [0.15, 0.2) is 0 Å². The Kier molecular flexibility index (Phi) is 6.70. The van der Waals surface area contributed by atoms with Crippen molar-refractivity contribution in [2.45, 2.75) is 19.7 Å². The van der Waals surface area contributed by atoms with Crippen LogP contribution in [0.1, 0.15) is 22.8 Å². The van der Waals surface area contributed by atoms with Crippen LogP contribution < -0.4 is 20.1 Å². The number of carbonyl (C=O) groups excluding carboxylic acids is 2. The predicted molar refractivity (Wildman–Crippen MR) is 142 cm³/mol. The summed E-state index contributed by atoms with van der Waals surface area (Å²) in [5.74, 6) is -0.463. The SMILES string of the molecule is CCc1c(-c2ccc(N3C(=O)N(C)NC3OC)cc2)ccnc1N1CCN(c2cccc(C(=O)O)c2)C1=O. The molecule has 5 rings (SSSR count). The maximum absolute atomic E-state index is 13.4. The van der Waals surface area contributed by atoms with Crippen LogP contribution in [0, 0.1) is 0 Å². The fourth-order valence-corrected chi connectivity index (χ4v) is 4.86. The molecule has 2 saturated heterocycles. The first-order valence-corrected chi connectivity index (χ1v) is 12.2. The molecule has 1 aromatic heterocycles. The summed E-state index contributed by atoms with van der Waals surface area (Å²) in [4.78, 5) is 46.7. The molecular formula is C27H28N6O5. The number of rotatable bonds is 7. The standard InChI is InChI=1S/C27H28N6O5/c1-4-21-22(17-8-10-19(11-9-17)33-25(38-3)29-30(2)26(33)36)12-13-28-23(21)32-15-14-31(27(32)37)20-7-5-6-18(16-20)24(34)35/h5-13,16,25,29H,4,14-15H2,1-3H3,(H,34,35). The van der Waals surface area contributed by atoms with E-state index < -0.39 is 12.3 Å². The van der Waals surface area contributed by atoms with Crippen LogP contribution in [0.5, 0.6) is 0 Å². The van der Waals surface area contributed by atoms with Gasteiger partial charge in [-0.3, -0.25) is 19.7 Å². The second-order valence-corrected chi connectivity index (χ2v) is 8.93. The number of nitrogens with zero attached hydrogens (tertiary/aromatic N) is 5. The zero-order valence-electron chi connectivity index (χ0n) is 21.3. The fourth-order valence-electron chi connectivity index (χ4n) is 4.86. The van der Waals surface area contributed by atoms with E-state index in [1.165, 1.54) is 29.2 Å². The molecule has 0 radical (unpaired) electrons. The van der Waals surface area contributed by atoms with Gasteiger partial charge in [-0.15, -0.1) is 0 Å². The van der Waals surface area contributed by atoms with Crippen LogP contribution >= 0.6 is 0 Å². The highest BCUT2D eigenvalue weighted by Crippen LogP contribution is 2.34. The molecule has 2 aromatic carbocycles. The van der Waals surface area contributed by atoms with Crippen molar-refractivity contribution in [3.63, 3.8) is 0 Å². The van der Waals surface area contributed by atoms with Crippen molar-refractivity contribution in [3.8, 4) is 11.1 Å². The van der Waals surface area contributed by atoms with Gasteiger partial charge >= 0.3 is 18.0 Å². The van der Waals surface area contributed by atoms with E-state index in [9.17, 15) is 19.5 Å². The van der Waals surface area contributed by atoms with E-state index in [-0.39, 0.29) is 17.6 Å². The molecular weight excluding hydrogens is 488 g/mol. The maximum Gasteiger partial charge on any atom is 0.341 e. The zero-order chi connectivity index (χ0) is 27.0. The monoisotopic (exact) mass is 516 g/mol. The summed E-state index contributed by atoms with van der Waals surface area (Å²) >= 11 is 0. The smallest absolute Gasteiger partial charge is 0.341 e. The summed E-state index contributed by atoms with van der Waals surface area (Å²) in [6.45, 7) is 2.85. The first-order valence-electron chi connectivity index (χ1n) is 12.2. The highest BCUT2D eigenvalue weighted by Gasteiger charge is 2.36. The molecule has 2 fully saturated rings. The van der Waals surface area contributed by atoms with E-state index in [1.807, 2.05) is 37.3 Å². The molecule has 38 heavy (non-hydrogen) atoms. The molecule has 4 amide bonds. The molecule has 1 unspecified atom stereocenters. The van der Waals surface area contributed by atoms with Gasteiger partial charge in [0.1, 0.15) is 5.82 Å². The fraction of sp³-hybridized carbons (Fsp3) is 0.259. The van der Waals surface area contributed by atoms with E-state index in [2.05, 4.69) is 10.4 Å². The third-order valence-corrected chi connectivity index (χ3v) is 6.77. The van der Waals surface area contributed by atoms with Crippen molar-refractivity contribution in [1.82, 2.24) is 15.4 Å². The molecule has 0 bridgehead atoms. The Labute approximate surface area is 219 Å². The van der Waals surface area contributed by atoms with E-state index in [1.54, 1.807) is 35.2 Å². The normalized spacial score (nSPS) is 17.6. The van der Waals surface area contributed by atoms with Crippen molar-refractivity contribution in [1.29, 1.82) is 0 Å². The predicted octanol–water partition coefficient (Wildman–Crippen LogP) is 3.76. The molecule has 2 aliphatic rings. The minimum absolute atomic E-state index is 0.126. The number of hydrogen-bond acceptors (Lipinski definition) is 6. The number of methoxy groups -OCH3 is 1. The molecule has 3 aromatic rings. The Bertz CT molecular complexity index is 1390. The number of hydrogen-bond donors (Lipinski definition) is 2. The number of ether oxygens (including phenoxy) is 1. The quantitative estimate of drug-likeness (QED) is 0.491. The lowest BCUT2D eigenvalue weighted by Crippen LogP contribution is -2.38. The third kappa shape index (κ3) is 4.31. The van der Waals surface area contributed by atoms with Gasteiger partial charge in [0.25, 0.3) is 0 Å². The van der Waals surface area contributed by atoms with Crippen LogP contribution in [0.25, 0.3) is 11.1 Å².